The zero-order valence-corrected chi connectivity index (χ0v) is 10.4. The van der Waals surface area contributed by atoms with Gasteiger partial charge in [-0.15, -0.1) is 11.3 Å². The standard InChI is InChI=1S/C11H18N2OS/c1-11(2,3)13-5-4-9(14)6-10-7-12-8-15-10/h7-8,13H,4-6H2,1-3H3. The zero-order chi connectivity index (χ0) is 11.3. The molecule has 0 saturated carbocycles. The Balaban J connectivity index is 2.20. The first kappa shape index (κ1) is 12.3. The summed E-state index contributed by atoms with van der Waals surface area (Å²) >= 11 is 1.54. The van der Waals surface area contributed by atoms with Crippen LogP contribution in [0.1, 0.15) is 32.1 Å². The molecule has 1 aromatic rings. The van der Waals surface area contributed by atoms with E-state index in [0.29, 0.717) is 12.8 Å². The summed E-state index contributed by atoms with van der Waals surface area (Å²) in [6, 6.07) is 0. The number of aromatic nitrogens is 1. The Morgan fingerprint density at radius 2 is 2.27 bits per heavy atom. The number of hydrogen-bond donors (Lipinski definition) is 1. The van der Waals surface area contributed by atoms with Gasteiger partial charge in [0.05, 0.1) is 5.51 Å². The Labute approximate surface area is 94.9 Å². The molecule has 0 bridgehead atoms. The first-order chi connectivity index (χ1) is 6.97. The van der Waals surface area contributed by atoms with Gasteiger partial charge >= 0.3 is 0 Å². The highest BCUT2D eigenvalue weighted by Crippen LogP contribution is 2.07. The molecule has 0 saturated heterocycles. The van der Waals surface area contributed by atoms with Crippen molar-refractivity contribution in [2.75, 3.05) is 6.54 Å². The molecule has 15 heavy (non-hydrogen) atoms. The normalized spacial score (nSPS) is 11.7. The van der Waals surface area contributed by atoms with Crippen LogP contribution in [0.5, 0.6) is 0 Å². The Morgan fingerprint density at radius 3 is 2.80 bits per heavy atom. The van der Waals surface area contributed by atoms with Gasteiger partial charge in [-0.2, -0.15) is 0 Å². The minimum atomic E-state index is 0.0881. The molecule has 1 heterocycles. The minimum Gasteiger partial charge on any atom is -0.312 e. The van der Waals surface area contributed by atoms with Gasteiger partial charge in [-0.3, -0.25) is 9.78 Å². The zero-order valence-electron chi connectivity index (χ0n) is 9.54. The first-order valence-corrected chi connectivity index (χ1v) is 5.99. The Kier molecular flexibility index (Phi) is 4.42. The monoisotopic (exact) mass is 226 g/mol. The lowest BCUT2D eigenvalue weighted by atomic mass is 10.1. The van der Waals surface area contributed by atoms with E-state index in [0.717, 1.165) is 11.4 Å². The number of nitrogens with one attached hydrogen (secondary N) is 1. The van der Waals surface area contributed by atoms with Crippen molar-refractivity contribution in [3.05, 3.63) is 16.6 Å². The van der Waals surface area contributed by atoms with Crippen molar-refractivity contribution in [3.63, 3.8) is 0 Å². The van der Waals surface area contributed by atoms with Crippen LogP contribution in [-0.2, 0) is 11.2 Å². The summed E-state index contributed by atoms with van der Waals surface area (Å²) < 4.78 is 0. The SMILES string of the molecule is CC(C)(C)NCCC(=O)Cc1cncs1. The summed E-state index contributed by atoms with van der Waals surface area (Å²) in [6.45, 7) is 7.04. The van der Waals surface area contributed by atoms with Gasteiger partial charge in [0, 0.05) is 36.0 Å². The van der Waals surface area contributed by atoms with E-state index in [1.165, 1.54) is 11.3 Å². The van der Waals surface area contributed by atoms with Crippen molar-refractivity contribution in [1.29, 1.82) is 0 Å². The first-order valence-electron chi connectivity index (χ1n) is 5.11. The molecule has 0 fully saturated rings. The molecule has 0 aliphatic carbocycles. The summed E-state index contributed by atoms with van der Waals surface area (Å²) in [5.74, 6) is 0.274. The van der Waals surface area contributed by atoms with Gasteiger partial charge in [-0.05, 0) is 20.8 Å². The Bertz CT molecular complexity index is 301. The molecule has 1 aromatic heterocycles. The largest absolute Gasteiger partial charge is 0.312 e. The molecule has 0 radical (unpaired) electrons. The van der Waals surface area contributed by atoms with Crippen molar-refractivity contribution in [1.82, 2.24) is 10.3 Å². The molecule has 4 heteroatoms. The van der Waals surface area contributed by atoms with Crippen LogP contribution in [-0.4, -0.2) is 22.9 Å². The van der Waals surface area contributed by atoms with Gasteiger partial charge in [0.15, 0.2) is 0 Å². The second-order valence-corrected chi connectivity index (χ2v) is 5.58. The Hall–Kier alpha value is -0.740. The van der Waals surface area contributed by atoms with E-state index in [9.17, 15) is 4.79 Å². The highest BCUT2D eigenvalue weighted by molar-refractivity contribution is 7.09. The average Bonchev–Trinajstić information content (AvgIpc) is 2.54. The maximum absolute atomic E-state index is 11.5. The molecule has 0 aliphatic heterocycles. The van der Waals surface area contributed by atoms with Crippen molar-refractivity contribution < 1.29 is 4.79 Å². The summed E-state index contributed by atoms with van der Waals surface area (Å²) in [5.41, 5.74) is 1.85. The molecule has 0 aromatic carbocycles. The van der Waals surface area contributed by atoms with Crippen LogP contribution in [0.4, 0.5) is 0 Å². The molecule has 3 nitrogen and oxygen atoms in total. The molecular weight excluding hydrogens is 208 g/mol. The Morgan fingerprint density at radius 1 is 1.53 bits per heavy atom. The summed E-state index contributed by atoms with van der Waals surface area (Å²) in [5, 5.41) is 3.30. The summed E-state index contributed by atoms with van der Waals surface area (Å²) in [6.07, 6.45) is 2.88. The van der Waals surface area contributed by atoms with Crippen LogP contribution in [0.3, 0.4) is 0 Å². The van der Waals surface area contributed by atoms with Gasteiger partial charge in [-0.25, -0.2) is 0 Å². The summed E-state index contributed by atoms with van der Waals surface area (Å²) in [4.78, 5) is 16.5. The van der Waals surface area contributed by atoms with Crippen LogP contribution < -0.4 is 5.32 Å². The van der Waals surface area contributed by atoms with Gasteiger partial charge in [0.1, 0.15) is 5.78 Å². The number of rotatable bonds is 5. The highest BCUT2D eigenvalue weighted by Gasteiger charge is 2.10. The number of carbonyl (C=O) groups excluding carboxylic acids is 1. The minimum absolute atomic E-state index is 0.0881. The van der Waals surface area contributed by atoms with Crippen molar-refractivity contribution in [2.24, 2.45) is 0 Å². The second-order valence-electron chi connectivity index (χ2n) is 4.61. The fraction of sp³-hybridized carbons (Fsp3) is 0.636. The smallest absolute Gasteiger partial charge is 0.139 e. The van der Waals surface area contributed by atoms with Crippen LogP contribution in [0.25, 0.3) is 0 Å². The lowest BCUT2D eigenvalue weighted by molar-refractivity contribution is -0.118. The van der Waals surface area contributed by atoms with Crippen molar-refractivity contribution in [2.45, 2.75) is 39.2 Å². The van der Waals surface area contributed by atoms with Gasteiger partial charge in [0.2, 0.25) is 0 Å². The number of nitrogens with zero attached hydrogens (tertiary/aromatic N) is 1. The topological polar surface area (TPSA) is 42.0 Å². The third-order valence-corrected chi connectivity index (χ3v) is 2.69. The van der Waals surface area contributed by atoms with Gasteiger partial charge in [-0.1, -0.05) is 0 Å². The molecule has 1 N–H and O–H groups in total. The molecule has 0 unspecified atom stereocenters. The van der Waals surface area contributed by atoms with Gasteiger partial charge in [0.25, 0.3) is 0 Å². The molecule has 0 aliphatic rings. The lowest BCUT2D eigenvalue weighted by Gasteiger charge is -2.19. The number of hydrogen-bond acceptors (Lipinski definition) is 4. The molecule has 0 spiro atoms. The fourth-order valence-corrected chi connectivity index (χ4v) is 1.81. The fourth-order valence-electron chi connectivity index (χ4n) is 1.19. The van der Waals surface area contributed by atoms with E-state index in [4.69, 9.17) is 0 Å². The maximum Gasteiger partial charge on any atom is 0.139 e. The molecular formula is C11H18N2OS. The van der Waals surface area contributed by atoms with E-state index < -0.39 is 0 Å². The van der Waals surface area contributed by atoms with E-state index >= 15 is 0 Å². The van der Waals surface area contributed by atoms with Crippen molar-refractivity contribution in [3.8, 4) is 0 Å². The van der Waals surface area contributed by atoms with Crippen molar-refractivity contribution >= 4 is 17.1 Å². The number of Topliss-reactive ketones (excluding diaryl/α,β-unsaturated/α-hetero) is 1. The summed E-state index contributed by atoms with van der Waals surface area (Å²) in [7, 11) is 0. The molecule has 0 atom stereocenters. The van der Waals surface area contributed by atoms with Gasteiger partial charge < -0.3 is 5.32 Å². The van der Waals surface area contributed by atoms with Crippen LogP contribution >= 0.6 is 11.3 Å². The predicted octanol–water partition coefficient (Wildman–Crippen LogP) is 2.03. The van der Waals surface area contributed by atoms with Crippen LogP contribution in [0, 0.1) is 0 Å². The quantitative estimate of drug-likeness (QED) is 0.835. The molecule has 1 rings (SSSR count). The van der Waals surface area contributed by atoms with E-state index in [1.807, 2.05) is 0 Å². The van der Waals surface area contributed by atoms with Crippen LogP contribution in [0.2, 0.25) is 0 Å². The molecule has 0 amide bonds. The average molecular weight is 226 g/mol. The number of carbonyl (C=O) groups is 1. The number of thiazole rings is 1. The highest BCUT2D eigenvalue weighted by atomic mass is 32.1. The third kappa shape index (κ3) is 5.64. The molecule has 84 valence electrons. The van der Waals surface area contributed by atoms with Crippen LogP contribution in [0.15, 0.2) is 11.7 Å². The van der Waals surface area contributed by atoms with E-state index in [-0.39, 0.29) is 11.3 Å². The van der Waals surface area contributed by atoms with E-state index in [1.54, 1.807) is 11.7 Å². The number of ketones is 1. The third-order valence-electron chi connectivity index (χ3n) is 1.91. The second kappa shape index (κ2) is 5.37. The van der Waals surface area contributed by atoms with E-state index in [2.05, 4.69) is 31.1 Å². The lowest BCUT2D eigenvalue weighted by Crippen LogP contribution is -2.37. The maximum atomic E-state index is 11.5. The predicted molar refractivity (Wildman–Crippen MR) is 63.2 cm³/mol.